The van der Waals surface area contributed by atoms with Crippen molar-refractivity contribution in [2.75, 3.05) is 45.9 Å². The van der Waals surface area contributed by atoms with Gasteiger partial charge in [0.15, 0.2) is 12.4 Å². The molecule has 0 aromatic heterocycles. The predicted molar refractivity (Wildman–Crippen MR) is 199 cm³/mol. The molecule has 0 radical (unpaired) electrons. The molecule has 5 amide bonds. The average molecular weight is 799 g/mol. The van der Waals surface area contributed by atoms with E-state index in [4.69, 9.17) is 15.3 Å². The van der Waals surface area contributed by atoms with Crippen LogP contribution in [0.1, 0.15) is 89.0 Å². The highest BCUT2D eigenvalue weighted by Gasteiger charge is 2.46. The Kier molecular flexibility index (Phi) is 24.0. The lowest BCUT2D eigenvalue weighted by atomic mass is 9.99. The second-order valence-corrected chi connectivity index (χ2v) is 13.7. The van der Waals surface area contributed by atoms with Gasteiger partial charge in [0.2, 0.25) is 29.5 Å². The first-order valence-electron chi connectivity index (χ1n) is 19.4. The topological polar surface area (TPSA) is 285 Å². The monoisotopic (exact) mass is 798 g/mol. The van der Waals surface area contributed by atoms with Gasteiger partial charge in [-0.25, -0.2) is 15.2 Å². The minimum absolute atomic E-state index is 0.0485. The summed E-state index contributed by atoms with van der Waals surface area (Å²) >= 11 is 0. The maximum absolute atomic E-state index is 13.0. The Morgan fingerprint density at radius 1 is 0.679 bits per heavy atom. The van der Waals surface area contributed by atoms with Crippen LogP contribution in [-0.2, 0) is 40.0 Å². The summed E-state index contributed by atoms with van der Waals surface area (Å²) in [4.78, 5) is 67.4. The molecule has 5 unspecified atom stereocenters. The molecule has 56 heavy (non-hydrogen) atoms. The number of carbonyl (C=O) groups excluding carboxylic acids is 5. The van der Waals surface area contributed by atoms with Crippen molar-refractivity contribution in [3.63, 3.8) is 0 Å². The third kappa shape index (κ3) is 18.9. The van der Waals surface area contributed by atoms with Crippen LogP contribution < -0.4 is 16.4 Å². The van der Waals surface area contributed by atoms with Crippen LogP contribution in [0.15, 0.2) is 30.3 Å². The van der Waals surface area contributed by atoms with E-state index in [0.717, 1.165) is 10.6 Å². The minimum Gasteiger partial charge on any atom is -0.394 e. The smallest absolute Gasteiger partial charge is 0.250 e. The van der Waals surface area contributed by atoms with E-state index in [-0.39, 0.29) is 70.1 Å². The Bertz CT molecular complexity index is 1310. The molecule has 0 aliphatic carbocycles. The molecule has 0 spiro atoms. The molecule has 1 fully saturated rings. The summed E-state index contributed by atoms with van der Waals surface area (Å²) in [5, 5.41) is 67.8. The molecule has 19 nitrogen and oxygen atoms in total. The molecule has 10 N–H and O–H groups in total. The number of rotatable bonds is 28. The second-order valence-electron chi connectivity index (χ2n) is 13.7. The second kappa shape index (κ2) is 27.7. The van der Waals surface area contributed by atoms with Gasteiger partial charge >= 0.3 is 0 Å². The highest BCUT2D eigenvalue weighted by molar-refractivity contribution is 5.84. The summed E-state index contributed by atoms with van der Waals surface area (Å²) in [6.07, 6.45) is -3.03. The molecule has 1 saturated heterocycles. The van der Waals surface area contributed by atoms with Crippen LogP contribution in [0.5, 0.6) is 0 Å². The summed E-state index contributed by atoms with van der Waals surface area (Å²) in [5.41, 5.74) is 6.35. The number of carbonyl (C=O) groups is 5. The molecule has 1 aromatic rings. The summed E-state index contributed by atoms with van der Waals surface area (Å²) in [6.45, 7) is 0.768. The van der Waals surface area contributed by atoms with Crippen molar-refractivity contribution in [3.05, 3.63) is 35.9 Å². The van der Waals surface area contributed by atoms with Crippen molar-refractivity contribution in [1.29, 1.82) is 0 Å². The lowest BCUT2D eigenvalue weighted by molar-refractivity contribution is -0.336. The van der Waals surface area contributed by atoms with Crippen LogP contribution in [-0.4, -0.2) is 152 Å². The number of unbranched alkanes of at least 4 members (excludes halogenated alkanes) is 6. The number of hydrogen-bond donors (Lipinski definition) is 9. The van der Waals surface area contributed by atoms with E-state index in [1.54, 1.807) is 0 Å². The molecule has 2 rings (SSSR count). The van der Waals surface area contributed by atoms with E-state index in [1.165, 1.54) is 0 Å². The van der Waals surface area contributed by atoms with Crippen molar-refractivity contribution in [2.45, 2.75) is 121 Å². The van der Waals surface area contributed by atoms with Gasteiger partial charge in [0.1, 0.15) is 18.3 Å². The molecule has 0 saturated carbocycles. The summed E-state index contributed by atoms with van der Waals surface area (Å²) in [6, 6.07) is 9.12. The first kappa shape index (κ1) is 48.4. The zero-order valence-corrected chi connectivity index (χ0v) is 32.1. The van der Waals surface area contributed by atoms with Crippen LogP contribution in [0, 0.1) is 0 Å². The van der Waals surface area contributed by atoms with Gasteiger partial charge in [-0.15, -0.1) is 0 Å². The largest absolute Gasteiger partial charge is 0.394 e. The molecule has 1 aliphatic heterocycles. The van der Waals surface area contributed by atoms with Gasteiger partial charge in [-0.3, -0.25) is 39.2 Å². The van der Waals surface area contributed by atoms with Crippen LogP contribution in [0.4, 0.5) is 0 Å². The molecular weight excluding hydrogens is 736 g/mol. The molecule has 1 aromatic carbocycles. The number of ether oxygens (including phenoxy) is 1. The Morgan fingerprint density at radius 2 is 1.21 bits per heavy atom. The number of aliphatic hydroxyl groups excluding tert-OH is 4. The SMILES string of the molecule is NCCCCCN(OC1C(O)OC(CO)C(O)C1O)C(=O)CCC(=O)NCCCCCN(O)C(=O)CCC(=O)NCCCCCN(O)C(=O)Cc1ccccc1. The summed E-state index contributed by atoms with van der Waals surface area (Å²) < 4.78 is 5.10. The fourth-order valence-electron chi connectivity index (χ4n) is 5.71. The van der Waals surface area contributed by atoms with Crippen LogP contribution in [0.2, 0.25) is 0 Å². The first-order valence-corrected chi connectivity index (χ1v) is 19.4. The van der Waals surface area contributed by atoms with E-state index < -0.39 is 55.0 Å². The average Bonchev–Trinajstić information content (AvgIpc) is 3.19. The van der Waals surface area contributed by atoms with E-state index in [1.807, 2.05) is 30.3 Å². The van der Waals surface area contributed by atoms with E-state index in [9.17, 15) is 54.8 Å². The molecule has 19 heteroatoms. The Morgan fingerprint density at radius 3 is 1.79 bits per heavy atom. The zero-order valence-electron chi connectivity index (χ0n) is 32.1. The van der Waals surface area contributed by atoms with Gasteiger partial charge in [0.05, 0.1) is 13.0 Å². The molecule has 1 aliphatic rings. The molecule has 0 bridgehead atoms. The normalized spacial score (nSPS) is 19.2. The summed E-state index contributed by atoms with van der Waals surface area (Å²) in [5.74, 6) is -2.30. The minimum atomic E-state index is -1.74. The lowest BCUT2D eigenvalue weighted by Crippen LogP contribution is -2.61. The van der Waals surface area contributed by atoms with E-state index in [2.05, 4.69) is 10.6 Å². The standard InChI is InChI=1S/C37H62N6O13/c38-19-7-2-12-24-43(56-36-35(51)34(50)28(26-44)55-37(36)52)32(48)18-16-30(46)40-21-8-3-10-22-41(53)31(47)17-15-29(45)39-20-9-4-11-23-42(54)33(49)25-27-13-5-1-6-14-27/h1,5-6,13-14,28,34-37,44,50-54H,2-4,7-12,15-26,38H2,(H,39,45)(H,40,46). The fourth-order valence-corrected chi connectivity index (χ4v) is 5.71. The van der Waals surface area contributed by atoms with Gasteiger partial charge < -0.3 is 41.5 Å². The molecular formula is C37H62N6O13. The number of amides is 5. The number of nitrogens with one attached hydrogen (secondary N) is 2. The fraction of sp³-hybridized carbons (Fsp3) is 0.703. The summed E-state index contributed by atoms with van der Waals surface area (Å²) in [7, 11) is 0. The third-order valence-electron chi connectivity index (χ3n) is 9.08. The van der Waals surface area contributed by atoms with Crippen molar-refractivity contribution in [1.82, 2.24) is 25.8 Å². The number of aliphatic hydroxyl groups is 4. The van der Waals surface area contributed by atoms with Gasteiger partial charge in [-0.2, -0.15) is 0 Å². The lowest BCUT2D eigenvalue weighted by Gasteiger charge is -2.41. The van der Waals surface area contributed by atoms with E-state index >= 15 is 0 Å². The van der Waals surface area contributed by atoms with Crippen LogP contribution >= 0.6 is 0 Å². The number of nitrogens with zero attached hydrogens (tertiary/aromatic N) is 3. The highest BCUT2D eigenvalue weighted by Crippen LogP contribution is 2.24. The molecule has 5 atom stereocenters. The maximum Gasteiger partial charge on any atom is 0.250 e. The zero-order chi connectivity index (χ0) is 41.3. The van der Waals surface area contributed by atoms with Crippen LogP contribution in [0.25, 0.3) is 0 Å². The van der Waals surface area contributed by atoms with Gasteiger partial charge in [-0.05, 0) is 63.5 Å². The molecule has 318 valence electrons. The number of nitrogens with two attached hydrogens (primary N) is 1. The number of benzene rings is 1. The maximum atomic E-state index is 13.0. The van der Waals surface area contributed by atoms with Gasteiger partial charge in [0, 0.05) is 58.4 Å². The molecule has 1 heterocycles. The quantitative estimate of drug-likeness (QED) is 0.0293. The number of hydrogen-bond acceptors (Lipinski definition) is 14. The van der Waals surface area contributed by atoms with E-state index in [0.29, 0.717) is 81.0 Å². The van der Waals surface area contributed by atoms with Crippen molar-refractivity contribution in [2.24, 2.45) is 5.73 Å². The first-order chi connectivity index (χ1) is 26.9. The third-order valence-corrected chi connectivity index (χ3v) is 9.08. The Hall–Kier alpha value is -3.79. The van der Waals surface area contributed by atoms with Crippen molar-refractivity contribution in [3.8, 4) is 0 Å². The van der Waals surface area contributed by atoms with Gasteiger partial charge in [0.25, 0.3) is 0 Å². The van der Waals surface area contributed by atoms with Crippen molar-refractivity contribution >= 4 is 29.5 Å². The predicted octanol–water partition coefficient (Wildman–Crippen LogP) is -0.513. The van der Waals surface area contributed by atoms with Crippen LogP contribution in [0.3, 0.4) is 0 Å². The van der Waals surface area contributed by atoms with Crippen molar-refractivity contribution < 1.29 is 64.4 Å². The Balaban J connectivity index is 1.55. The number of hydroxylamine groups is 6. The Labute approximate surface area is 327 Å². The van der Waals surface area contributed by atoms with Gasteiger partial charge in [-0.1, -0.05) is 36.8 Å². The highest BCUT2D eigenvalue weighted by atomic mass is 16.7.